The largest absolute Gasteiger partial charge is 0.490 e. The van der Waals surface area contributed by atoms with E-state index in [1.807, 2.05) is 0 Å². The Balaban J connectivity index is 2.28. The molecular weight excluding hydrogens is 297 g/mol. The molecule has 1 aromatic carbocycles. The molecule has 0 saturated heterocycles. The van der Waals surface area contributed by atoms with Crippen LogP contribution in [0.15, 0.2) is 22.7 Å². The zero-order valence-electron chi connectivity index (χ0n) is 11.0. The van der Waals surface area contributed by atoms with Crippen molar-refractivity contribution in [2.75, 3.05) is 13.2 Å². The fourth-order valence-electron chi connectivity index (χ4n) is 1.58. The van der Waals surface area contributed by atoms with Gasteiger partial charge in [-0.2, -0.15) is 0 Å². The number of unbranched alkanes of at least 4 members (excludes halogenated alkanes) is 1. The number of rotatable bonds is 7. The standard InChI is InChI=1S/C14H21BrFNO/c1-14(2,10-17)7-3-4-8-18-13-9-11(15)5-6-12(13)16/h5-6,9H,3-4,7-8,10,17H2,1-2H3. The Bertz CT molecular complexity index is 382. The minimum Gasteiger partial charge on any atom is -0.490 e. The number of ether oxygens (including phenoxy) is 1. The topological polar surface area (TPSA) is 35.2 Å². The van der Waals surface area contributed by atoms with E-state index in [2.05, 4.69) is 29.8 Å². The van der Waals surface area contributed by atoms with Gasteiger partial charge in [-0.3, -0.25) is 0 Å². The van der Waals surface area contributed by atoms with Crippen LogP contribution >= 0.6 is 15.9 Å². The van der Waals surface area contributed by atoms with Gasteiger partial charge in [0.1, 0.15) is 0 Å². The highest BCUT2D eigenvalue weighted by Crippen LogP contribution is 2.24. The van der Waals surface area contributed by atoms with Crippen LogP contribution in [0.3, 0.4) is 0 Å². The van der Waals surface area contributed by atoms with Crippen molar-refractivity contribution in [3.8, 4) is 5.75 Å². The Labute approximate surface area is 117 Å². The normalized spacial score (nSPS) is 11.6. The number of hydrogen-bond donors (Lipinski definition) is 1. The highest BCUT2D eigenvalue weighted by atomic mass is 79.9. The van der Waals surface area contributed by atoms with Crippen LogP contribution in [0.2, 0.25) is 0 Å². The lowest BCUT2D eigenvalue weighted by Gasteiger charge is -2.21. The molecule has 18 heavy (non-hydrogen) atoms. The van der Waals surface area contributed by atoms with E-state index in [0.717, 1.165) is 23.7 Å². The van der Waals surface area contributed by atoms with Crippen LogP contribution in [0, 0.1) is 11.2 Å². The van der Waals surface area contributed by atoms with Crippen LogP contribution in [0.1, 0.15) is 33.1 Å². The van der Waals surface area contributed by atoms with Crippen molar-refractivity contribution in [3.63, 3.8) is 0 Å². The summed E-state index contributed by atoms with van der Waals surface area (Å²) in [6.07, 6.45) is 3.02. The second-order valence-corrected chi connectivity index (χ2v) is 6.16. The van der Waals surface area contributed by atoms with Crippen LogP contribution in [-0.2, 0) is 0 Å². The summed E-state index contributed by atoms with van der Waals surface area (Å²) in [5.41, 5.74) is 5.84. The van der Waals surface area contributed by atoms with Gasteiger partial charge in [0.25, 0.3) is 0 Å². The van der Waals surface area contributed by atoms with Gasteiger partial charge in [-0.15, -0.1) is 0 Å². The van der Waals surface area contributed by atoms with Gasteiger partial charge >= 0.3 is 0 Å². The van der Waals surface area contributed by atoms with E-state index in [0.29, 0.717) is 18.9 Å². The maximum absolute atomic E-state index is 13.4. The predicted octanol–water partition coefficient (Wildman–Crippen LogP) is 4.12. The summed E-state index contributed by atoms with van der Waals surface area (Å²) in [4.78, 5) is 0. The molecule has 0 spiro atoms. The number of benzene rings is 1. The molecule has 0 bridgehead atoms. The van der Waals surface area contributed by atoms with E-state index >= 15 is 0 Å². The van der Waals surface area contributed by atoms with Crippen molar-refractivity contribution >= 4 is 15.9 Å². The predicted molar refractivity (Wildman–Crippen MR) is 76.3 cm³/mol. The molecule has 1 aromatic rings. The summed E-state index contributed by atoms with van der Waals surface area (Å²) in [5, 5.41) is 0. The van der Waals surface area contributed by atoms with Crippen molar-refractivity contribution in [2.24, 2.45) is 11.1 Å². The van der Waals surface area contributed by atoms with Crippen molar-refractivity contribution in [1.29, 1.82) is 0 Å². The Hall–Kier alpha value is -0.610. The molecule has 0 radical (unpaired) electrons. The average Bonchev–Trinajstić information content (AvgIpc) is 2.33. The lowest BCUT2D eigenvalue weighted by Crippen LogP contribution is -2.23. The van der Waals surface area contributed by atoms with Gasteiger partial charge < -0.3 is 10.5 Å². The second-order valence-electron chi connectivity index (χ2n) is 5.25. The minimum atomic E-state index is -0.319. The molecule has 2 nitrogen and oxygen atoms in total. The van der Waals surface area contributed by atoms with E-state index < -0.39 is 0 Å². The smallest absolute Gasteiger partial charge is 0.165 e. The van der Waals surface area contributed by atoms with E-state index in [1.165, 1.54) is 6.07 Å². The first-order valence-electron chi connectivity index (χ1n) is 6.22. The highest BCUT2D eigenvalue weighted by molar-refractivity contribution is 9.10. The molecule has 0 heterocycles. The molecule has 0 fully saturated rings. The molecule has 0 amide bonds. The van der Waals surface area contributed by atoms with Crippen LogP contribution in [0.4, 0.5) is 4.39 Å². The third-order valence-electron chi connectivity index (χ3n) is 2.95. The summed E-state index contributed by atoms with van der Waals surface area (Å²) >= 11 is 3.29. The zero-order valence-corrected chi connectivity index (χ0v) is 12.6. The Kier molecular flexibility index (Phi) is 6.09. The summed E-state index contributed by atoms with van der Waals surface area (Å²) in [5.74, 6) is -0.0112. The number of hydrogen-bond acceptors (Lipinski definition) is 2. The van der Waals surface area contributed by atoms with Crippen molar-refractivity contribution < 1.29 is 9.13 Å². The lowest BCUT2D eigenvalue weighted by atomic mass is 9.87. The first-order chi connectivity index (χ1) is 8.44. The molecule has 2 N–H and O–H groups in total. The van der Waals surface area contributed by atoms with Crippen LogP contribution in [0.25, 0.3) is 0 Å². The third kappa shape index (κ3) is 5.36. The van der Waals surface area contributed by atoms with Crippen LogP contribution < -0.4 is 10.5 Å². The molecule has 0 aliphatic carbocycles. The maximum atomic E-state index is 13.4. The SMILES string of the molecule is CC(C)(CN)CCCCOc1cc(Br)ccc1F. The molecule has 0 aromatic heterocycles. The van der Waals surface area contributed by atoms with Gasteiger partial charge in [-0.25, -0.2) is 4.39 Å². The fraction of sp³-hybridized carbons (Fsp3) is 0.571. The average molecular weight is 318 g/mol. The molecule has 1 rings (SSSR count). The number of nitrogens with two attached hydrogens (primary N) is 1. The molecule has 0 aliphatic rings. The van der Waals surface area contributed by atoms with Crippen molar-refractivity contribution in [3.05, 3.63) is 28.5 Å². The Morgan fingerprint density at radius 3 is 2.72 bits per heavy atom. The monoisotopic (exact) mass is 317 g/mol. The zero-order chi connectivity index (χ0) is 13.6. The van der Waals surface area contributed by atoms with Gasteiger partial charge in [-0.1, -0.05) is 29.8 Å². The fourth-order valence-corrected chi connectivity index (χ4v) is 1.92. The van der Waals surface area contributed by atoms with Crippen molar-refractivity contribution in [2.45, 2.75) is 33.1 Å². The number of halogens is 2. The molecule has 0 atom stereocenters. The van der Waals surface area contributed by atoms with Gasteiger partial charge in [0.2, 0.25) is 0 Å². The van der Waals surface area contributed by atoms with E-state index in [-0.39, 0.29) is 11.2 Å². The minimum absolute atomic E-state index is 0.182. The quantitative estimate of drug-likeness (QED) is 0.768. The highest BCUT2D eigenvalue weighted by Gasteiger charge is 2.14. The van der Waals surface area contributed by atoms with Gasteiger partial charge in [0.05, 0.1) is 6.61 Å². The third-order valence-corrected chi connectivity index (χ3v) is 3.44. The van der Waals surface area contributed by atoms with Crippen molar-refractivity contribution in [1.82, 2.24) is 0 Å². The van der Waals surface area contributed by atoms with Gasteiger partial charge in [-0.05, 0) is 49.4 Å². The summed E-state index contributed by atoms with van der Waals surface area (Å²) in [7, 11) is 0. The molecule has 0 unspecified atom stereocenters. The first-order valence-corrected chi connectivity index (χ1v) is 7.02. The summed E-state index contributed by atoms with van der Waals surface area (Å²) in [6, 6.07) is 4.71. The molecule has 0 aliphatic heterocycles. The summed E-state index contributed by atoms with van der Waals surface area (Å²) < 4.78 is 19.6. The Morgan fingerprint density at radius 2 is 2.06 bits per heavy atom. The van der Waals surface area contributed by atoms with E-state index in [4.69, 9.17) is 10.5 Å². The van der Waals surface area contributed by atoms with Gasteiger partial charge in [0.15, 0.2) is 11.6 Å². The molecule has 4 heteroatoms. The van der Waals surface area contributed by atoms with E-state index in [9.17, 15) is 4.39 Å². The lowest BCUT2D eigenvalue weighted by molar-refractivity contribution is 0.270. The maximum Gasteiger partial charge on any atom is 0.165 e. The molecular formula is C14H21BrFNO. The second kappa shape index (κ2) is 7.10. The van der Waals surface area contributed by atoms with Crippen LogP contribution in [0.5, 0.6) is 5.75 Å². The first kappa shape index (κ1) is 15.4. The van der Waals surface area contributed by atoms with E-state index in [1.54, 1.807) is 12.1 Å². The molecule has 0 saturated carbocycles. The Morgan fingerprint density at radius 1 is 1.33 bits per heavy atom. The summed E-state index contributed by atoms with van der Waals surface area (Å²) in [6.45, 7) is 5.53. The van der Waals surface area contributed by atoms with Gasteiger partial charge in [0, 0.05) is 4.47 Å². The molecule has 102 valence electrons. The van der Waals surface area contributed by atoms with Crippen LogP contribution in [-0.4, -0.2) is 13.2 Å².